The summed E-state index contributed by atoms with van der Waals surface area (Å²) in [4.78, 5) is 17.7. The number of imidazole rings is 1. The number of aromatic nitrogens is 2. The summed E-state index contributed by atoms with van der Waals surface area (Å²) in [5.74, 6) is 1.08. The first kappa shape index (κ1) is 21.8. The van der Waals surface area contributed by atoms with Gasteiger partial charge in [0.15, 0.2) is 0 Å². The van der Waals surface area contributed by atoms with Crippen molar-refractivity contribution in [3.8, 4) is 0 Å². The van der Waals surface area contributed by atoms with Gasteiger partial charge in [-0.2, -0.15) is 0 Å². The molecule has 6 heteroatoms. The van der Waals surface area contributed by atoms with E-state index in [1.54, 1.807) is 6.92 Å². The molecule has 1 amide bonds. The maximum atomic E-state index is 13.1. The number of carbonyl (C=O) groups is 1. The first-order valence-electron chi connectivity index (χ1n) is 10.6. The molecule has 0 radical (unpaired) electrons. The van der Waals surface area contributed by atoms with Gasteiger partial charge in [-0.1, -0.05) is 58.0 Å². The Balaban J connectivity index is 1.92. The van der Waals surface area contributed by atoms with Crippen molar-refractivity contribution in [2.45, 2.75) is 59.1 Å². The third kappa shape index (κ3) is 4.82. The van der Waals surface area contributed by atoms with Gasteiger partial charge < -0.3 is 20.3 Å². The average molecular weight is 409 g/mol. The van der Waals surface area contributed by atoms with Crippen LogP contribution in [0.25, 0.3) is 11.0 Å². The van der Waals surface area contributed by atoms with E-state index in [2.05, 4.69) is 61.5 Å². The van der Waals surface area contributed by atoms with Crippen LogP contribution in [-0.4, -0.2) is 33.2 Å². The fourth-order valence-electron chi connectivity index (χ4n) is 3.63. The van der Waals surface area contributed by atoms with Crippen LogP contribution in [-0.2, 0) is 11.3 Å². The molecule has 160 valence electrons. The fraction of sp³-hybridized carbons (Fsp3) is 0.417. The van der Waals surface area contributed by atoms with E-state index in [9.17, 15) is 9.90 Å². The lowest BCUT2D eigenvalue weighted by atomic mass is 9.92. The minimum atomic E-state index is -0.515. The molecule has 30 heavy (non-hydrogen) atoms. The molecule has 0 saturated carbocycles. The molecule has 2 aromatic carbocycles. The highest BCUT2D eigenvalue weighted by atomic mass is 16.3. The Morgan fingerprint density at radius 3 is 2.23 bits per heavy atom. The van der Waals surface area contributed by atoms with Crippen molar-refractivity contribution < 1.29 is 9.90 Å². The Bertz CT molecular complexity index is 995. The summed E-state index contributed by atoms with van der Waals surface area (Å²) in [5.41, 5.74) is 4.87. The molecule has 1 heterocycles. The highest BCUT2D eigenvalue weighted by Gasteiger charge is 2.18. The van der Waals surface area contributed by atoms with Gasteiger partial charge in [-0.05, 0) is 42.0 Å². The number of amides is 1. The van der Waals surface area contributed by atoms with Crippen molar-refractivity contribution in [1.82, 2.24) is 9.55 Å². The molecule has 0 spiro atoms. The third-order valence-electron chi connectivity index (χ3n) is 5.15. The number of carbonyl (C=O) groups excluding carboxylic acids is 1. The van der Waals surface area contributed by atoms with Gasteiger partial charge in [0, 0.05) is 12.2 Å². The lowest BCUT2D eigenvalue weighted by molar-refractivity contribution is -0.116. The number of aliphatic hydroxyl groups excluding tert-OH is 1. The second kappa shape index (κ2) is 9.30. The molecule has 3 aromatic rings. The molecule has 0 aliphatic heterocycles. The topological polar surface area (TPSA) is 79.2 Å². The molecule has 0 aliphatic carbocycles. The zero-order valence-electron chi connectivity index (χ0n) is 18.4. The van der Waals surface area contributed by atoms with Crippen LogP contribution in [0.4, 0.5) is 11.6 Å². The largest absolute Gasteiger partial charge is 0.392 e. The summed E-state index contributed by atoms with van der Waals surface area (Å²) >= 11 is 0. The number of hydrogen-bond donors (Lipinski definition) is 3. The summed E-state index contributed by atoms with van der Waals surface area (Å²) in [7, 11) is 0. The quantitative estimate of drug-likeness (QED) is 0.504. The van der Waals surface area contributed by atoms with E-state index in [0.29, 0.717) is 24.3 Å². The first-order chi connectivity index (χ1) is 14.3. The van der Waals surface area contributed by atoms with Crippen LogP contribution in [0.2, 0.25) is 0 Å². The molecule has 0 aliphatic rings. The number of rotatable bonds is 8. The number of benzene rings is 2. The Hall–Kier alpha value is -2.86. The van der Waals surface area contributed by atoms with Gasteiger partial charge in [-0.25, -0.2) is 4.98 Å². The second-order valence-corrected chi connectivity index (χ2v) is 8.41. The first-order valence-corrected chi connectivity index (χ1v) is 10.6. The lowest BCUT2D eigenvalue weighted by Crippen LogP contribution is -2.23. The number of anilines is 2. The van der Waals surface area contributed by atoms with Crippen molar-refractivity contribution in [3.63, 3.8) is 0 Å². The van der Waals surface area contributed by atoms with Crippen LogP contribution in [0.1, 0.15) is 57.6 Å². The summed E-state index contributed by atoms with van der Waals surface area (Å²) in [6.07, 6.45) is -0.515. The van der Waals surface area contributed by atoms with Gasteiger partial charge in [0.05, 0.1) is 17.1 Å². The van der Waals surface area contributed by atoms with Crippen LogP contribution < -0.4 is 10.6 Å². The predicted octanol–water partition coefficient (Wildman–Crippen LogP) is 4.71. The Morgan fingerprint density at radius 2 is 1.63 bits per heavy atom. The van der Waals surface area contributed by atoms with Crippen LogP contribution in [0, 0.1) is 0 Å². The van der Waals surface area contributed by atoms with E-state index < -0.39 is 6.10 Å². The van der Waals surface area contributed by atoms with Crippen LogP contribution in [0.3, 0.4) is 0 Å². The smallest absolute Gasteiger partial charge is 0.244 e. The summed E-state index contributed by atoms with van der Waals surface area (Å²) in [6.45, 7) is 10.7. The van der Waals surface area contributed by atoms with Crippen LogP contribution in [0.5, 0.6) is 0 Å². The SMILES string of the molecule is CC(O)CNc1nc2ccccc2n1CC(=O)Nc1c(C(C)C)cccc1C(C)C. The minimum Gasteiger partial charge on any atom is -0.392 e. The highest BCUT2D eigenvalue weighted by Crippen LogP contribution is 2.32. The van der Waals surface area contributed by atoms with Crippen molar-refractivity contribution in [2.24, 2.45) is 0 Å². The molecule has 0 bridgehead atoms. The Labute approximate surface area is 178 Å². The fourth-order valence-corrected chi connectivity index (χ4v) is 3.63. The third-order valence-corrected chi connectivity index (χ3v) is 5.15. The average Bonchev–Trinajstić information content (AvgIpc) is 3.03. The van der Waals surface area contributed by atoms with Gasteiger partial charge in [0.2, 0.25) is 11.9 Å². The maximum Gasteiger partial charge on any atom is 0.244 e. The molecule has 6 nitrogen and oxygen atoms in total. The number of nitrogens with one attached hydrogen (secondary N) is 2. The second-order valence-electron chi connectivity index (χ2n) is 8.41. The summed E-state index contributed by atoms with van der Waals surface area (Å²) in [6, 6.07) is 13.9. The lowest BCUT2D eigenvalue weighted by Gasteiger charge is -2.20. The van der Waals surface area contributed by atoms with Gasteiger partial charge in [0.25, 0.3) is 0 Å². The van der Waals surface area contributed by atoms with E-state index >= 15 is 0 Å². The van der Waals surface area contributed by atoms with Gasteiger partial charge >= 0.3 is 0 Å². The molecule has 1 unspecified atom stereocenters. The zero-order chi connectivity index (χ0) is 21.8. The van der Waals surface area contributed by atoms with E-state index in [0.717, 1.165) is 27.8 Å². The highest BCUT2D eigenvalue weighted by molar-refractivity contribution is 5.94. The van der Waals surface area contributed by atoms with Crippen molar-refractivity contribution in [1.29, 1.82) is 0 Å². The molecule has 1 aromatic heterocycles. The van der Waals surface area contributed by atoms with E-state index in [4.69, 9.17) is 0 Å². The monoisotopic (exact) mass is 408 g/mol. The predicted molar refractivity (Wildman–Crippen MR) is 123 cm³/mol. The maximum absolute atomic E-state index is 13.1. The van der Waals surface area contributed by atoms with E-state index in [1.165, 1.54) is 0 Å². The molecule has 0 saturated heterocycles. The van der Waals surface area contributed by atoms with Gasteiger partial charge in [-0.15, -0.1) is 0 Å². The van der Waals surface area contributed by atoms with E-state index in [-0.39, 0.29) is 12.5 Å². The number of para-hydroxylation sites is 3. The normalized spacial score (nSPS) is 12.5. The number of hydrogen-bond acceptors (Lipinski definition) is 4. The van der Waals surface area contributed by atoms with Crippen LogP contribution >= 0.6 is 0 Å². The molecule has 1 atom stereocenters. The van der Waals surface area contributed by atoms with E-state index in [1.807, 2.05) is 28.8 Å². The molecular weight excluding hydrogens is 376 g/mol. The van der Waals surface area contributed by atoms with Crippen molar-refractivity contribution in [3.05, 3.63) is 53.6 Å². The summed E-state index contributed by atoms with van der Waals surface area (Å²) in [5, 5.41) is 16.0. The Kier molecular flexibility index (Phi) is 6.77. The van der Waals surface area contributed by atoms with Crippen molar-refractivity contribution >= 4 is 28.6 Å². The summed E-state index contributed by atoms with van der Waals surface area (Å²) < 4.78 is 1.86. The molecule has 0 fully saturated rings. The number of fused-ring (bicyclic) bond motifs is 1. The zero-order valence-corrected chi connectivity index (χ0v) is 18.4. The molecule has 3 rings (SSSR count). The Morgan fingerprint density at radius 1 is 1.00 bits per heavy atom. The minimum absolute atomic E-state index is 0.103. The van der Waals surface area contributed by atoms with Gasteiger partial charge in [0.1, 0.15) is 6.54 Å². The standard InChI is InChI=1S/C24H32N4O2/c1-15(2)18-9-8-10-19(16(3)4)23(18)27-22(30)14-28-21-12-7-6-11-20(21)26-24(28)25-13-17(5)29/h6-12,15-17,29H,13-14H2,1-5H3,(H,25,26)(H,27,30). The van der Waals surface area contributed by atoms with Crippen LogP contribution in [0.15, 0.2) is 42.5 Å². The van der Waals surface area contributed by atoms with Crippen molar-refractivity contribution in [2.75, 3.05) is 17.2 Å². The molecule has 3 N–H and O–H groups in total. The van der Waals surface area contributed by atoms with Gasteiger partial charge in [-0.3, -0.25) is 4.79 Å². The number of aliphatic hydroxyl groups is 1. The molecular formula is C24H32N4O2. The number of nitrogens with zero attached hydrogens (tertiary/aromatic N) is 2.